The Morgan fingerprint density at radius 1 is 1.34 bits per heavy atom. The van der Waals surface area contributed by atoms with Crippen molar-refractivity contribution in [3.8, 4) is 6.07 Å². The van der Waals surface area contributed by atoms with Crippen molar-refractivity contribution in [3.05, 3.63) is 53.6 Å². The number of carbonyl (C=O) groups excluding carboxylic acids is 1. The Labute approximate surface area is 171 Å². The van der Waals surface area contributed by atoms with Gasteiger partial charge in [0.05, 0.1) is 30.1 Å². The molecule has 154 valence electrons. The Morgan fingerprint density at radius 3 is 2.79 bits per heavy atom. The highest BCUT2D eigenvalue weighted by Gasteiger charge is 2.29. The third-order valence-corrected chi connectivity index (χ3v) is 6.41. The van der Waals surface area contributed by atoms with Gasteiger partial charge in [-0.25, -0.2) is 17.7 Å². The van der Waals surface area contributed by atoms with Gasteiger partial charge < -0.3 is 9.88 Å². The van der Waals surface area contributed by atoms with Crippen LogP contribution >= 0.6 is 0 Å². The van der Waals surface area contributed by atoms with E-state index in [0.717, 1.165) is 11.3 Å². The molecule has 1 aliphatic rings. The lowest BCUT2D eigenvalue weighted by atomic mass is 9.99. The van der Waals surface area contributed by atoms with Crippen LogP contribution in [0.5, 0.6) is 0 Å². The van der Waals surface area contributed by atoms with Gasteiger partial charge in [0.1, 0.15) is 0 Å². The molecule has 0 bridgehead atoms. The van der Waals surface area contributed by atoms with Gasteiger partial charge in [-0.2, -0.15) is 5.26 Å². The Balaban J connectivity index is 1.51. The topological polar surface area (TPSA) is 108 Å². The fourth-order valence-electron chi connectivity index (χ4n) is 3.50. The van der Waals surface area contributed by atoms with Gasteiger partial charge in [0.15, 0.2) is 0 Å². The van der Waals surface area contributed by atoms with Gasteiger partial charge in [-0.15, -0.1) is 0 Å². The van der Waals surface area contributed by atoms with E-state index in [1.165, 1.54) is 10.6 Å². The Morgan fingerprint density at radius 2 is 2.10 bits per heavy atom. The van der Waals surface area contributed by atoms with E-state index in [9.17, 15) is 13.2 Å². The van der Waals surface area contributed by atoms with Crippen LogP contribution in [0.3, 0.4) is 0 Å². The van der Waals surface area contributed by atoms with Gasteiger partial charge in [0.2, 0.25) is 15.9 Å². The van der Waals surface area contributed by atoms with Crippen LogP contribution in [0, 0.1) is 17.2 Å². The minimum absolute atomic E-state index is 0.100. The monoisotopic (exact) mass is 415 g/mol. The zero-order valence-corrected chi connectivity index (χ0v) is 17.2. The van der Waals surface area contributed by atoms with Crippen molar-refractivity contribution in [3.63, 3.8) is 0 Å². The average Bonchev–Trinajstić information content (AvgIpc) is 3.15. The summed E-state index contributed by atoms with van der Waals surface area (Å²) < 4.78 is 26.8. The number of rotatable bonds is 7. The number of imidazole rings is 1. The second-order valence-corrected chi connectivity index (χ2v) is 9.31. The van der Waals surface area contributed by atoms with Crippen LogP contribution in [0.15, 0.2) is 36.8 Å². The molecule has 1 amide bonds. The maximum atomic E-state index is 12.5. The summed E-state index contributed by atoms with van der Waals surface area (Å²) in [7, 11) is -3.26. The van der Waals surface area contributed by atoms with Crippen LogP contribution in [0.25, 0.3) is 0 Å². The number of aromatic nitrogens is 2. The Hall–Kier alpha value is -2.70. The van der Waals surface area contributed by atoms with Crippen molar-refractivity contribution in [2.75, 3.05) is 25.9 Å². The number of sulfonamides is 1. The van der Waals surface area contributed by atoms with Gasteiger partial charge >= 0.3 is 0 Å². The smallest absolute Gasteiger partial charge is 0.224 e. The first-order valence-corrected chi connectivity index (χ1v) is 11.4. The molecule has 0 spiro atoms. The third-order valence-electron chi connectivity index (χ3n) is 5.14. The van der Waals surface area contributed by atoms with Crippen LogP contribution in [-0.2, 0) is 27.8 Å². The second-order valence-electron chi connectivity index (χ2n) is 7.32. The first kappa shape index (κ1) is 21.0. The normalized spacial score (nSPS) is 17.6. The number of amides is 1. The standard InChI is InChI=1S/C20H25N5O3S/c1-29(27,28)25-10-2-3-18(14-25)20(26)23-9-8-19-12-22-15-24(19)13-17-6-4-16(11-21)5-7-17/h4-7,12,15,18H,2-3,8-10,13-14H2,1H3,(H,23,26). The molecule has 2 aromatic rings. The van der Waals surface area contributed by atoms with Gasteiger partial charge in [-0.1, -0.05) is 12.1 Å². The predicted molar refractivity (Wildman–Crippen MR) is 108 cm³/mol. The van der Waals surface area contributed by atoms with E-state index in [-0.39, 0.29) is 18.4 Å². The van der Waals surface area contributed by atoms with E-state index in [1.54, 1.807) is 24.7 Å². The fourth-order valence-corrected chi connectivity index (χ4v) is 4.41. The lowest BCUT2D eigenvalue weighted by molar-refractivity contribution is -0.126. The molecule has 1 atom stereocenters. The molecule has 3 rings (SSSR count). The lowest BCUT2D eigenvalue weighted by Gasteiger charge is -2.30. The van der Waals surface area contributed by atoms with Crippen LogP contribution in [0.4, 0.5) is 0 Å². The summed E-state index contributed by atoms with van der Waals surface area (Å²) in [5.74, 6) is -0.404. The van der Waals surface area contributed by atoms with Crippen molar-refractivity contribution in [2.24, 2.45) is 5.92 Å². The van der Waals surface area contributed by atoms with Crippen LogP contribution < -0.4 is 5.32 Å². The summed E-state index contributed by atoms with van der Waals surface area (Å²) in [6.07, 6.45) is 6.74. The fraction of sp³-hybridized carbons (Fsp3) is 0.450. The van der Waals surface area contributed by atoms with Crippen molar-refractivity contribution in [1.29, 1.82) is 5.26 Å². The SMILES string of the molecule is CS(=O)(=O)N1CCCC(C(=O)NCCc2cncn2Cc2ccc(C#N)cc2)C1. The highest BCUT2D eigenvalue weighted by atomic mass is 32.2. The summed E-state index contributed by atoms with van der Waals surface area (Å²) in [6, 6.07) is 9.52. The van der Waals surface area contributed by atoms with Gasteiger partial charge in [-0.3, -0.25) is 4.79 Å². The van der Waals surface area contributed by atoms with Crippen molar-refractivity contribution in [1.82, 2.24) is 19.2 Å². The number of piperidine rings is 1. The molecule has 2 heterocycles. The highest BCUT2D eigenvalue weighted by molar-refractivity contribution is 7.88. The van der Waals surface area contributed by atoms with E-state index in [4.69, 9.17) is 5.26 Å². The summed E-state index contributed by atoms with van der Waals surface area (Å²) in [6.45, 7) is 1.84. The first-order chi connectivity index (χ1) is 13.9. The summed E-state index contributed by atoms with van der Waals surface area (Å²) in [5, 5.41) is 11.8. The molecular formula is C20H25N5O3S. The number of hydrogen-bond acceptors (Lipinski definition) is 5. The van der Waals surface area contributed by atoms with Crippen molar-refractivity contribution >= 4 is 15.9 Å². The minimum Gasteiger partial charge on any atom is -0.355 e. The van der Waals surface area contributed by atoms with E-state index in [2.05, 4.69) is 16.4 Å². The van der Waals surface area contributed by atoms with Crippen LogP contribution in [0.2, 0.25) is 0 Å². The molecule has 1 aromatic carbocycles. The zero-order chi connectivity index (χ0) is 20.9. The minimum atomic E-state index is -3.26. The third kappa shape index (κ3) is 5.65. The molecule has 1 fully saturated rings. The van der Waals surface area contributed by atoms with E-state index < -0.39 is 10.0 Å². The van der Waals surface area contributed by atoms with E-state index in [1.807, 2.05) is 16.7 Å². The molecule has 1 saturated heterocycles. The molecule has 1 aliphatic heterocycles. The number of benzene rings is 1. The summed E-state index contributed by atoms with van der Waals surface area (Å²) in [5.41, 5.74) is 2.69. The van der Waals surface area contributed by atoms with Gasteiger partial charge in [-0.05, 0) is 30.5 Å². The van der Waals surface area contributed by atoms with Gasteiger partial charge in [0, 0.05) is 44.5 Å². The molecule has 29 heavy (non-hydrogen) atoms. The van der Waals surface area contributed by atoms with Gasteiger partial charge in [0.25, 0.3) is 0 Å². The lowest BCUT2D eigenvalue weighted by Crippen LogP contribution is -2.45. The maximum Gasteiger partial charge on any atom is 0.224 e. The van der Waals surface area contributed by atoms with Crippen molar-refractivity contribution < 1.29 is 13.2 Å². The molecule has 1 N–H and O–H groups in total. The van der Waals surface area contributed by atoms with E-state index in [0.29, 0.717) is 44.5 Å². The summed E-state index contributed by atoms with van der Waals surface area (Å²) >= 11 is 0. The number of nitrogens with one attached hydrogen (secondary N) is 1. The largest absolute Gasteiger partial charge is 0.355 e. The van der Waals surface area contributed by atoms with Crippen LogP contribution in [0.1, 0.15) is 29.7 Å². The predicted octanol–water partition coefficient (Wildman–Crippen LogP) is 1.13. The van der Waals surface area contributed by atoms with E-state index >= 15 is 0 Å². The molecule has 8 nitrogen and oxygen atoms in total. The average molecular weight is 416 g/mol. The Kier molecular flexibility index (Phi) is 6.67. The molecule has 0 radical (unpaired) electrons. The Bertz CT molecular complexity index is 992. The molecular weight excluding hydrogens is 390 g/mol. The molecule has 9 heteroatoms. The maximum absolute atomic E-state index is 12.5. The highest BCUT2D eigenvalue weighted by Crippen LogP contribution is 2.18. The number of nitriles is 1. The number of carbonyl (C=O) groups is 1. The number of hydrogen-bond donors (Lipinski definition) is 1. The quantitative estimate of drug-likeness (QED) is 0.729. The van der Waals surface area contributed by atoms with Crippen LogP contribution in [-0.4, -0.2) is 54.1 Å². The zero-order valence-electron chi connectivity index (χ0n) is 16.4. The summed E-state index contributed by atoms with van der Waals surface area (Å²) in [4.78, 5) is 16.7. The second kappa shape index (κ2) is 9.20. The molecule has 0 saturated carbocycles. The molecule has 1 aromatic heterocycles. The molecule has 1 unspecified atom stereocenters. The number of nitrogens with zero attached hydrogens (tertiary/aromatic N) is 4. The first-order valence-electron chi connectivity index (χ1n) is 9.57. The van der Waals surface area contributed by atoms with Crippen molar-refractivity contribution in [2.45, 2.75) is 25.8 Å². The molecule has 0 aliphatic carbocycles.